The number of halogens is 2. The number of carbonyl (C=O) groups excluding carboxylic acids is 1. The maximum absolute atomic E-state index is 12.3. The summed E-state index contributed by atoms with van der Waals surface area (Å²) in [7, 11) is 0. The first-order valence-electron chi connectivity index (χ1n) is 7.86. The third-order valence-electron chi connectivity index (χ3n) is 3.82. The average Bonchev–Trinajstić information content (AvgIpc) is 3.10. The lowest BCUT2D eigenvalue weighted by atomic mass is 10.1. The van der Waals surface area contributed by atoms with E-state index in [1.54, 1.807) is 24.3 Å². The Labute approximate surface area is 161 Å². The molecule has 0 fully saturated rings. The van der Waals surface area contributed by atoms with Crippen molar-refractivity contribution in [2.45, 2.75) is 13.8 Å². The van der Waals surface area contributed by atoms with E-state index in [0.717, 1.165) is 11.1 Å². The van der Waals surface area contributed by atoms with E-state index < -0.39 is 0 Å². The first kappa shape index (κ1) is 18.2. The molecule has 0 aliphatic rings. The van der Waals surface area contributed by atoms with Crippen molar-refractivity contribution in [2.24, 2.45) is 5.10 Å². The fraction of sp³-hybridized carbons (Fsp3) is 0.105. The first-order chi connectivity index (χ1) is 12.4. The van der Waals surface area contributed by atoms with Crippen LogP contribution in [0.3, 0.4) is 0 Å². The van der Waals surface area contributed by atoms with Gasteiger partial charge in [-0.25, -0.2) is 5.43 Å². The van der Waals surface area contributed by atoms with E-state index in [0.29, 0.717) is 27.0 Å². The minimum Gasteiger partial charge on any atom is -0.272 e. The highest BCUT2D eigenvalue weighted by Crippen LogP contribution is 2.29. The van der Waals surface area contributed by atoms with E-state index in [-0.39, 0.29) is 11.6 Å². The van der Waals surface area contributed by atoms with Gasteiger partial charge in [0.25, 0.3) is 5.91 Å². The molecular formula is C19H16Cl2N4O. The summed E-state index contributed by atoms with van der Waals surface area (Å²) < 4.78 is 0. The molecule has 26 heavy (non-hydrogen) atoms. The van der Waals surface area contributed by atoms with Crippen LogP contribution in [0.2, 0.25) is 10.0 Å². The second kappa shape index (κ2) is 7.72. The predicted octanol–water partition coefficient (Wildman–Crippen LogP) is 4.85. The van der Waals surface area contributed by atoms with Crippen LogP contribution in [-0.2, 0) is 0 Å². The average molecular weight is 387 g/mol. The molecule has 3 aromatic rings. The van der Waals surface area contributed by atoms with Crippen LogP contribution in [0.25, 0.3) is 11.3 Å². The fourth-order valence-corrected chi connectivity index (χ4v) is 2.83. The minimum atomic E-state index is -0.389. The van der Waals surface area contributed by atoms with Gasteiger partial charge in [-0.2, -0.15) is 10.2 Å². The van der Waals surface area contributed by atoms with Crippen LogP contribution in [-0.4, -0.2) is 21.8 Å². The van der Waals surface area contributed by atoms with Gasteiger partial charge in [-0.1, -0.05) is 53.0 Å². The zero-order valence-electron chi connectivity index (χ0n) is 14.2. The summed E-state index contributed by atoms with van der Waals surface area (Å²) in [4.78, 5) is 12.3. The number of aryl methyl sites for hydroxylation is 1. The minimum absolute atomic E-state index is 0.284. The number of aromatic nitrogens is 2. The number of amides is 1. The standard InChI is InChI=1S/C19H16Cl2N4O/c1-11-3-5-13(6-4-11)12(2)22-25-19(26)18-10-17(23-24-18)15-8-7-14(20)9-16(15)21/h3-10H,1-2H3,(H,23,24)(H,25,26)/b22-12-. The summed E-state index contributed by atoms with van der Waals surface area (Å²) in [6, 6.07) is 14.6. The molecule has 1 amide bonds. The Bertz CT molecular complexity index is 977. The Morgan fingerprint density at radius 3 is 2.54 bits per heavy atom. The van der Waals surface area contributed by atoms with E-state index in [2.05, 4.69) is 20.7 Å². The van der Waals surface area contributed by atoms with E-state index in [4.69, 9.17) is 23.2 Å². The highest BCUT2D eigenvalue weighted by molar-refractivity contribution is 6.36. The van der Waals surface area contributed by atoms with Crippen LogP contribution in [0.1, 0.15) is 28.5 Å². The summed E-state index contributed by atoms with van der Waals surface area (Å²) >= 11 is 12.1. The van der Waals surface area contributed by atoms with Crippen molar-refractivity contribution < 1.29 is 4.79 Å². The summed E-state index contributed by atoms with van der Waals surface area (Å²) in [5, 5.41) is 12.0. The normalized spacial score (nSPS) is 11.5. The van der Waals surface area contributed by atoms with E-state index in [1.165, 1.54) is 0 Å². The number of rotatable bonds is 4. The molecule has 0 aliphatic carbocycles. The number of nitrogens with one attached hydrogen (secondary N) is 2. The molecule has 7 heteroatoms. The van der Waals surface area contributed by atoms with Crippen molar-refractivity contribution >= 4 is 34.8 Å². The van der Waals surface area contributed by atoms with E-state index in [9.17, 15) is 4.79 Å². The lowest BCUT2D eigenvalue weighted by Crippen LogP contribution is -2.19. The number of benzene rings is 2. The van der Waals surface area contributed by atoms with E-state index in [1.807, 2.05) is 38.1 Å². The lowest BCUT2D eigenvalue weighted by molar-refractivity contribution is 0.0950. The third-order valence-corrected chi connectivity index (χ3v) is 4.37. The predicted molar refractivity (Wildman–Crippen MR) is 105 cm³/mol. The molecule has 5 nitrogen and oxygen atoms in total. The molecule has 1 aromatic heterocycles. The number of aromatic amines is 1. The van der Waals surface area contributed by atoms with Crippen molar-refractivity contribution in [1.29, 1.82) is 0 Å². The molecule has 1 heterocycles. The van der Waals surface area contributed by atoms with Crippen LogP contribution in [0.15, 0.2) is 53.6 Å². The highest BCUT2D eigenvalue weighted by Gasteiger charge is 2.13. The molecule has 2 aromatic carbocycles. The van der Waals surface area contributed by atoms with Gasteiger partial charge in [0.1, 0.15) is 5.69 Å². The van der Waals surface area contributed by atoms with E-state index >= 15 is 0 Å². The van der Waals surface area contributed by atoms with Gasteiger partial charge in [0.15, 0.2) is 0 Å². The number of nitrogens with zero attached hydrogens (tertiary/aromatic N) is 2. The number of carbonyl (C=O) groups is 1. The van der Waals surface area contributed by atoms with Crippen molar-refractivity contribution in [3.63, 3.8) is 0 Å². The molecule has 2 N–H and O–H groups in total. The third kappa shape index (κ3) is 4.12. The monoisotopic (exact) mass is 386 g/mol. The molecule has 0 atom stereocenters. The molecule has 0 bridgehead atoms. The second-order valence-corrected chi connectivity index (χ2v) is 6.64. The van der Waals surface area contributed by atoms with Crippen molar-refractivity contribution in [3.8, 4) is 11.3 Å². The van der Waals surface area contributed by atoms with Gasteiger partial charge in [-0.3, -0.25) is 9.89 Å². The molecule has 0 aliphatic heterocycles. The Balaban J connectivity index is 1.74. The largest absolute Gasteiger partial charge is 0.289 e. The first-order valence-corrected chi connectivity index (χ1v) is 8.62. The van der Waals surface area contributed by atoms with Gasteiger partial charge in [0, 0.05) is 10.6 Å². The number of hydrazone groups is 1. The smallest absolute Gasteiger partial charge is 0.272 e. The summed E-state index contributed by atoms with van der Waals surface area (Å²) in [5.41, 5.74) is 6.86. The Kier molecular flexibility index (Phi) is 5.40. The van der Waals surface area contributed by atoms with Crippen molar-refractivity contribution in [2.75, 3.05) is 0 Å². The quantitative estimate of drug-likeness (QED) is 0.497. The van der Waals surface area contributed by atoms with Gasteiger partial charge in [-0.15, -0.1) is 0 Å². The van der Waals surface area contributed by atoms with Gasteiger partial charge in [-0.05, 0) is 43.7 Å². The summed E-state index contributed by atoms with van der Waals surface area (Å²) in [6.45, 7) is 3.84. The topological polar surface area (TPSA) is 70.1 Å². The van der Waals surface area contributed by atoms with Gasteiger partial charge in [0.05, 0.1) is 16.4 Å². The van der Waals surface area contributed by atoms with Gasteiger partial charge < -0.3 is 0 Å². The molecule has 0 unspecified atom stereocenters. The lowest BCUT2D eigenvalue weighted by Gasteiger charge is -2.02. The molecule has 0 saturated heterocycles. The van der Waals surface area contributed by atoms with Crippen LogP contribution < -0.4 is 5.43 Å². The summed E-state index contributed by atoms with van der Waals surface area (Å²) in [5.74, 6) is -0.389. The molecular weight excluding hydrogens is 371 g/mol. The summed E-state index contributed by atoms with van der Waals surface area (Å²) in [6.07, 6.45) is 0. The maximum Gasteiger partial charge on any atom is 0.289 e. The SMILES string of the molecule is C/C(=N/NC(=O)c1cc(-c2ccc(Cl)cc2Cl)n[nH]1)c1ccc(C)cc1. The Morgan fingerprint density at radius 2 is 1.85 bits per heavy atom. The molecule has 3 rings (SSSR count). The van der Waals surface area contributed by atoms with Crippen molar-refractivity contribution in [1.82, 2.24) is 15.6 Å². The Morgan fingerprint density at radius 1 is 1.12 bits per heavy atom. The van der Waals surface area contributed by atoms with Crippen molar-refractivity contribution in [3.05, 3.63) is 75.4 Å². The maximum atomic E-state index is 12.3. The zero-order valence-corrected chi connectivity index (χ0v) is 15.7. The Hall–Kier alpha value is -2.63. The molecule has 132 valence electrons. The molecule has 0 saturated carbocycles. The van der Waals surface area contributed by atoms with Gasteiger partial charge in [0.2, 0.25) is 0 Å². The molecule has 0 radical (unpaired) electrons. The van der Waals surface area contributed by atoms with Crippen LogP contribution in [0, 0.1) is 6.92 Å². The highest BCUT2D eigenvalue weighted by atomic mass is 35.5. The number of hydrogen-bond acceptors (Lipinski definition) is 3. The zero-order chi connectivity index (χ0) is 18.7. The molecule has 0 spiro atoms. The van der Waals surface area contributed by atoms with Crippen LogP contribution in [0.4, 0.5) is 0 Å². The van der Waals surface area contributed by atoms with Gasteiger partial charge >= 0.3 is 0 Å². The number of hydrogen-bond donors (Lipinski definition) is 2. The number of H-pyrrole nitrogens is 1. The second-order valence-electron chi connectivity index (χ2n) is 5.80. The van der Waals surface area contributed by atoms with Crippen LogP contribution in [0.5, 0.6) is 0 Å². The van der Waals surface area contributed by atoms with Crippen LogP contribution >= 0.6 is 23.2 Å². The fourth-order valence-electron chi connectivity index (χ4n) is 2.33.